The van der Waals surface area contributed by atoms with E-state index in [-0.39, 0.29) is 12.5 Å². The van der Waals surface area contributed by atoms with Crippen LogP contribution in [0.1, 0.15) is 5.56 Å². The van der Waals surface area contributed by atoms with Crippen molar-refractivity contribution in [2.75, 3.05) is 44.8 Å². The molecule has 2 aromatic carbocycles. The van der Waals surface area contributed by atoms with Gasteiger partial charge in [0, 0.05) is 37.9 Å². The first kappa shape index (κ1) is 18.6. The Balaban J connectivity index is 1.51. The third-order valence-corrected chi connectivity index (χ3v) is 5.11. The Morgan fingerprint density at radius 1 is 1.12 bits per heavy atom. The van der Waals surface area contributed by atoms with Crippen LogP contribution in [0.25, 0.3) is 0 Å². The molecule has 5 nitrogen and oxygen atoms in total. The molecule has 1 amide bonds. The van der Waals surface area contributed by atoms with E-state index >= 15 is 0 Å². The normalized spacial score (nSPS) is 14.3. The number of nitrogens with zero attached hydrogens (tertiary/aromatic N) is 2. The largest absolute Gasteiger partial charge is 0.497 e. The second-order valence-corrected chi connectivity index (χ2v) is 7.15. The van der Waals surface area contributed by atoms with Crippen molar-refractivity contribution in [3.8, 4) is 11.5 Å². The van der Waals surface area contributed by atoms with Gasteiger partial charge in [0.2, 0.25) is 0 Å². The zero-order valence-electron chi connectivity index (χ0n) is 15.1. The summed E-state index contributed by atoms with van der Waals surface area (Å²) in [5.41, 5.74) is 2.26. The Morgan fingerprint density at radius 3 is 2.58 bits per heavy atom. The average molecular weight is 419 g/mol. The molecule has 0 aliphatic carbocycles. The maximum Gasteiger partial charge on any atom is 0.260 e. The highest BCUT2D eigenvalue weighted by atomic mass is 79.9. The van der Waals surface area contributed by atoms with E-state index in [1.807, 2.05) is 48.2 Å². The maximum atomic E-state index is 12.4. The minimum absolute atomic E-state index is 0.0165. The van der Waals surface area contributed by atoms with E-state index in [4.69, 9.17) is 9.47 Å². The van der Waals surface area contributed by atoms with Gasteiger partial charge in [-0.25, -0.2) is 0 Å². The Kier molecular flexibility index (Phi) is 6.04. The number of piperazine rings is 1. The molecule has 1 saturated heterocycles. The number of carbonyl (C=O) groups excluding carboxylic acids is 1. The van der Waals surface area contributed by atoms with E-state index in [1.165, 1.54) is 0 Å². The Morgan fingerprint density at radius 2 is 1.88 bits per heavy atom. The van der Waals surface area contributed by atoms with Crippen molar-refractivity contribution in [2.45, 2.75) is 6.92 Å². The van der Waals surface area contributed by atoms with Crippen LogP contribution in [-0.2, 0) is 4.79 Å². The molecule has 0 atom stereocenters. The highest BCUT2D eigenvalue weighted by molar-refractivity contribution is 9.10. The first-order valence-corrected chi connectivity index (χ1v) is 9.42. The predicted octanol–water partition coefficient (Wildman–Crippen LogP) is 3.49. The number of benzene rings is 2. The van der Waals surface area contributed by atoms with Crippen molar-refractivity contribution in [3.63, 3.8) is 0 Å². The number of hydrogen-bond donors (Lipinski definition) is 0. The molecule has 0 bridgehead atoms. The number of aryl methyl sites for hydroxylation is 1. The van der Waals surface area contributed by atoms with Gasteiger partial charge in [-0.05, 0) is 52.7 Å². The number of halogens is 1. The van der Waals surface area contributed by atoms with Crippen LogP contribution in [-0.4, -0.2) is 50.7 Å². The second-order valence-electron chi connectivity index (χ2n) is 6.29. The fourth-order valence-electron chi connectivity index (χ4n) is 2.97. The zero-order valence-corrected chi connectivity index (χ0v) is 16.7. The third kappa shape index (κ3) is 4.49. The summed E-state index contributed by atoms with van der Waals surface area (Å²) in [6.45, 7) is 5.05. The van der Waals surface area contributed by atoms with Crippen LogP contribution in [0.3, 0.4) is 0 Å². The number of hydrogen-bond acceptors (Lipinski definition) is 4. The summed E-state index contributed by atoms with van der Waals surface area (Å²) in [5.74, 6) is 1.56. The number of anilines is 1. The van der Waals surface area contributed by atoms with Gasteiger partial charge in [0.25, 0.3) is 5.91 Å². The van der Waals surface area contributed by atoms with Crippen molar-refractivity contribution < 1.29 is 14.3 Å². The Hall–Kier alpha value is -2.21. The predicted molar refractivity (Wildman–Crippen MR) is 106 cm³/mol. The molecule has 0 spiro atoms. The highest BCUT2D eigenvalue weighted by Gasteiger charge is 2.22. The van der Waals surface area contributed by atoms with E-state index < -0.39 is 0 Å². The van der Waals surface area contributed by atoms with Gasteiger partial charge in [-0.3, -0.25) is 4.79 Å². The summed E-state index contributed by atoms with van der Waals surface area (Å²) in [4.78, 5) is 16.6. The molecule has 1 aliphatic heterocycles. The average Bonchev–Trinajstić information content (AvgIpc) is 2.67. The number of carbonyl (C=O) groups is 1. The minimum Gasteiger partial charge on any atom is -0.497 e. The smallest absolute Gasteiger partial charge is 0.260 e. The minimum atomic E-state index is 0.0165. The van der Waals surface area contributed by atoms with E-state index in [1.54, 1.807) is 7.11 Å². The van der Waals surface area contributed by atoms with Gasteiger partial charge < -0.3 is 19.3 Å². The van der Waals surface area contributed by atoms with Gasteiger partial charge >= 0.3 is 0 Å². The van der Waals surface area contributed by atoms with Crippen LogP contribution < -0.4 is 14.4 Å². The van der Waals surface area contributed by atoms with Crippen LogP contribution >= 0.6 is 15.9 Å². The standard InChI is InChI=1S/C20H23BrN2O3/c1-15-6-7-19(18(21)12-15)26-14-20(24)23-10-8-22(9-11-23)16-4-3-5-17(13-16)25-2/h3-7,12-13H,8-11,14H2,1-2H3. The summed E-state index contributed by atoms with van der Waals surface area (Å²) in [6, 6.07) is 13.8. The monoisotopic (exact) mass is 418 g/mol. The van der Waals surface area contributed by atoms with Crippen LogP contribution in [0.4, 0.5) is 5.69 Å². The first-order chi connectivity index (χ1) is 12.6. The number of ether oxygens (including phenoxy) is 2. The Labute approximate surface area is 162 Å². The van der Waals surface area contributed by atoms with Gasteiger partial charge in [-0.2, -0.15) is 0 Å². The van der Waals surface area contributed by atoms with E-state index in [9.17, 15) is 4.79 Å². The number of methoxy groups -OCH3 is 1. The van der Waals surface area contributed by atoms with Crippen LogP contribution in [0.2, 0.25) is 0 Å². The van der Waals surface area contributed by atoms with Crippen molar-refractivity contribution in [1.82, 2.24) is 4.90 Å². The maximum absolute atomic E-state index is 12.4. The molecule has 26 heavy (non-hydrogen) atoms. The fourth-order valence-corrected chi connectivity index (χ4v) is 3.58. The first-order valence-electron chi connectivity index (χ1n) is 8.62. The van der Waals surface area contributed by atoms with Gasteiger partial charge in [0.1, 0.15) is 11.5 Å². The number of rotatable bonds is 5. The lowest BCUT2D eigenvalue weighted by Gasteiger charge is -2.36. The Bertz CT molecular complexity index is 773. The molecule has 138 valence electrons. The molecule has 0 unspecified atom stereocenters. The van der Waals surface area contributed by atoms with Crippen molar-refractivity contribution >= 4 is 27.5 Å². The van der Waals surface area contributed by atoms with E-state index in [0.717, 1.165) is 34.6 Å². The number of amides is 1. The van der Waals surface area contributed by atoms with Crippen LogP contribution in [0.5, 0.6) is 11.5 Å². The summed E-state index contributed by atoms with van der Waals surface area (Å²) in [6.07, 6.45) is 0. The summed E-state index contributed by atoms with van der Waals surface area (Å²) >= 11 is 3.47. The van der Waals surface area contributed by atoms with Gasteiger partial charge in [0.15, 0.2) is 6.61 Å². The molecule has 1 fully saturated rings. The van der Waals surface area contributed by atoms with Crippen LogP contribution in [0.15, 0.2) is 46.9 Å². The fraction of sp³-hybridized carbons (Fsp3) is 0.350. The molecule has 0 radical (unpaired) electrons. The van der Waals surface area contributed by atoms with Crippen molar-refractivity contribution in [1.29, 1.82) is 0 Å². The topological polar surface area (TPSA) is 42.0 Å². The quantitative estimate of drug-likeness (QED) is 0.744. The lowest BCUT2D eigenvalue weighted by molar-refractivity contribution is -0.133. The lowest BCUT2D eigenvalue weighted by Crippen LogP contribution is -2.50. The molecule has 6 heteroatoms. The molecule has 1 aliphatic rings. The van der Waals surface area contributed by atoms with Crippen molar-refractivity contribution in [2.24, 2.45) is 0 Å². The van der Waals surface area contributed by atoms with Gasteiger partial charge in [-0.15, -0.1) is 0 Å². The van der Waals surface area contributed by atoms with Gasteiger partial charge in [0.05, 0.1) is 11.6 Å². The molecule has 0 saturated carbocycles. The van der Waals surface area contributed by atoms with E-state index in [0.29, 0.717) is 18.8 Å². The molecule has 0 N–H and O–H groups in total. The van der Waals surface area contributed by atoms with Crippen LogP contribution in [0, 0.1) is 6.92 Å². The van der Waals surface area contributed by atoms with E-state index in [2.05, 4.69) is 26.9 Å². The summed E-state index contributed by atoms with van der Waals surface area (Å²) in [5, 5.41) is 0. The zero-order chi connectivity index (χ0) is 18.5. The van der Waals surface area contributed by atoms with Gasteiger partial charge in [-0.1, -0.05) is 12.1 Å². The lowest BCUT2D eigenvalue weighted by atomic mass is 10.2. The molecular weight excluding hydrogens is 396 g/mol. The summed E-state index contributed by atoms with van der Waals surface area (Å²) < 4.78 is 11.8. The second kappa shape index (κ2) is 8.45. The third-order valence-electron chi connectivity index (χ3n) is 4.49. The molecule has 3 rings (SSSR count). The summed E-state index contributed by atoms with van der Waals surface area (Å²) in [7, 11) is 1.67. The molecular formula is C20H23BrN2O3. The highest BCUT2D eigenvalue weighted by Crippen LogP contribution is 2.26. The SMILES string of the molecule is COc1cccc(N2CCN(C(=O)COc3ccc(C)cc3Br)CC2)c1. The molecule has 0 aromatic heterocycles. The molecule has 2 aromatic rings. The van der Waals surface area contributed by atoms with Crippen molar-refractivity contribution in [3.05, 3.63) is 52.5 Å². The molecule has 1 heterocycles.